The molecule has 154 valence electrons. The molecule has 8 heteroatoms. The molecule has 3 rings (SSSR count). The molecule has 0 aromatic heterocycles. The fourth-order valence-corrected chi connectivity index (χ4v) is 3.71. The highest BCUT2D eigenvalue weighted by atomic mass is 35.5. The molecule has 1 aliphatic carbocycles. The molecule has 0 heterocycles. The Bertz CT molecular complexity index is 884. The van der Waals surface area contributed by atoms with Crippen molar-refractivity contribution < 1.29 is 18.4 Å². The van der Waals surface area contributed by atoms with Gasteiger partial charge in [0.05, 0.1) is 13.1 Å². The summed E-state index contributed by atoms with van der Waals surface area (Å²) in [7, 11) is 0. The van der Waals surface area contributed by atoms with Crippen molar-refractivity contribution in [2.24, 2.45) is 0 Å². The van der Waals surface area contributed by atoms with E-state index in [-0.39, 0.29) is 30.2 Å². The zero-order valence-corrected chi connectivity index (χ0v) is 16.5. The number of hydrogen-bond acceptors (Lipinski definition) is 3. The molecule has 1 saturated carbocycles. The van der Waals surface area contributed by atoms with Crippen LogP contribution in [-0.2, 0) is 15.1 Å². The molecule has 0 unspecified atom stereocenters. The fraction of sp³-hybridized carbons (Fsp3) is 0.333. The quantitative estimate of drug-likeness (QED) is 0.638. The van der Waals surface area contributed by atoms with E-state index < -0.39 is 17.5 Å². The molecule has 0 bridgehead atoms. The van der Waals surface area contributed by atoms with Crippen LogP contribution in [0.1, 0.15) is 31.2 Å². The van der Waals surface area contributed by atoms with Crippen molar-refractivity contribution in [2.75, 3.05) is 18.4 Å². The summed E-state index contributed by atoms with van der Waals surface area (Å²) in [5, 5.41) is 8.93. The third-order valence-electron chi connectivity index (χ3n) is 5.09. The van der Waals surface area contributed by atoms with E-state index in [0.717, 1.165) is 43.4 Å². The van der Waals surface area contributed by atoms with Gasteiger partial charge in [-0.3, -0.25) is 14.9 Å². The summed E-state index contributed by atoms with van der Waals surface area (Å²) in [6.45, 7) is -0.214. The van der Waals surface area contributed by atoms with Crippen LogP contribution in [-0.4, -0.2) is 24.9 Å². The number of rotatable bonds is 7. The van der Waals surface area contributed by atoms with Crippen molar-refractivity contribution in [3.63, 3.8) is 0 Å². The standard InChI is InChI=1S/C21H22ClF2N3O2/c22-15-5-3-14(4-6-15)21(9-1-2-10-21)26-13-19(28)25-12-20(29)27-16-7-8-17(23)18(24)11-16/h3-8,11,26H,1-2,9-10,12-13H2,(H,25,28)(H,27,29). The lowest BCUT2D eigenvalue weighted by atomic mass is 9.88. The second-order valence-electron chi connectivity index (χ2n) is 7.10. The smallest absolute Gasteiger partial charge is 0.243 e. The van der Waals surface area contributed by atoms with Gasteiger partial charge >= 0.3 is 0 Å². The molecule has 1 fully saturated rings. The molecule has 0 saturated heterocycles. The summed E-state index contributed by atoms with van der Waals surface area (Å²) in [6, 6.07) is 10.7. The van der Waals surface area contributed by atoms with Crippen molar-refractivity contribution in [1.82, 2.24) is 10.6 Å². The van der Waals surface area contributed by atoms with Gasteiger partial charge in [0.15, 0.2) is 11.6 Å². The zero-order chi connectivity index (χ0) is 20.9. The van der Waals surface area contributed by atoms with Crippen molar-refractivity contribution in [3.8, 4) is 0 Å². The van der Waals surface area contributed by atoms with Gasteiger partial charge in [-0.25, -0.2) is 8.78 Å². The van der Waals surface area contributed by atoms with E-state index >= 15 is 0 Å². The number of amides is 2. The first-order valence-electron chi connectivity index (χ1n) is 9.41. The number of halogens is 3. The Morgan fingerprint density at radius 1 is 0.931 bits per heavy atom. The molecule has 2 aromatic carbocycles. The largest absolute Gasteiger partial charge is 0.346 e. The van der Waals surface area contributed by atoms with E-state index in [9.17, 15) is 18.4 Å². The van der Waals surface area contributed by atoms with Crippen LogP contribution in [0.4, 0.5) is 14.5 Å². The number of hydrogen-bond donors (Lipinski definition) is 3. The van der Waals surface area contributed by atoms with Gasteiger partial charge < -0.3 is 10.6 Å². The molecule has 0 atom stereocenters. The van der Waals surface area contributed by atoms with Crippen LogP contribution < -0.4 is 16.0 Å². The van der Waals surface area contributed by atoms with Crippen molar-refractivity contribution in [1.29, 1.82) is 0 Å². The summed E-state index contributed by atoms with van der Waals surface area (Å²) in [5.74, 6) is -2.91. The Balaban J connectivity index is 1.50. The first kappa shape index (κ1) is 21.2. The molecular weight excluding hydrogens is 400 g/mol. The van der Waals surface area contributed by atoms with Crippen molar-refractivity contribution in [2.45, 2.75) is 31.2 Å². The molecule has 0 radical (unpaired) electrons. The number of carbonyl (C=O) groups excluding carboxylic acids is 2. The maximum Gasteiger partial charge on any atom is 0.243 e. The predicted octanol–water partition coefficient (Wildman–Crippen LogP) is 3.73. The number of nitrogens with one attached hydrogen (secondary N) is 3. The topological polar surface area (TPSA) is 70.2 Å². The first-order chi connectivity index (χ1) is 13.9. The van der Waals surface area contributed by atoms with Crippen LogP contribution in [0.2, 0.25) is 5.02 Å². The van der Waals surface area contributed by atoms with E-state index in [0.29, 0.717) is 5.02 Å². The lowest BCUT2D eigenvalue weighted by Crippen LogP contribution is -2.46. The second-order valence-corrected chi connectivity index (χ2v) is 7.54. The molecule has 0 spiro atoms. The fourth-order valence-electron chi connectivity index (χ4n) is 3.58. The third-order valence-corrected chi connectivity index (χ3v) is 5.34. The molecule has 2 aromatic rings. The number of benzene rings is 2. The number of carbonyl (C=O) groups is 2. The summed E-state index contributed by atoms with van der Waals surface area (Å²) in [5.41, 5.74) is 0.924. The van der Waals surface area contributed by atoms with Gasteiger partial charge in [-0.05, 0) is 42.7 Å². The van der Waals surface area contributed by atoms with Gasteiger partial charge in [-0.15, -0.1) is 0 Å². The minimum Gasteiger partial charge on any atom is -0.346 e. The van der Waals surface area contributed by atoms with Crippen LogP contribution in [0.3, 0.4) is 0 Å². The molecule has 29 heavy (non-hydrogen) atoms. The monoisotopic (exact) mass is 421 g/mol. The van der Waals surface area contributed by atoms with Gasteiger partial charge in [0.2, 0.25) is 11.8 Å². The molecular formula is C21H22ClF2N3O2. The van der Waals surface area contributed by atoms with Gasteiger partial charge in [0.1, 0.15) is 0 Å². The Morgan fingerprint density at radius 2 is 1.62 bits per heavy atom. The van der Waals surface area contributed by atoms with E-state index in [1.165, 1.54) is 6.07 Å². The van der Waals surface area contributed by atoms with Gasteiger partial charge in [0, 0.05) is 22.3 Å². The van der Waals surface area contributed by atoms with E-state index in [1.54, 1.807) is 0 Å². The van der Waals surface area contributed by atoms with E-state index in [1.807, 2.05) is 24.3 Å². The first-order valence-corrected chi connectivity index (χ1v) is 9.78. The lowest BCUT2D eigenvalue weighted by molar-refractivity contribution is -0.123. The SMILES string of the molecule is O=C(CNC1(c2ccc(Cl)cc2)CCCC1)NCC(=O)Nc1ccc(F)c(F)c1. The maximum atomic E-state index is 13.2. The van der Waals surface area contributed by atoms with Crippen LogP contribution in [0.15, 0.2) is 42.5 Å². The average molecular weight is 422 g/mol. The Hall–Kier alpha value is -2.51. The average Bonchev–Trinajstić information content (AvgIpc) is 3.18. The van der Waals surface area contributed by atoms with Crippen LogP contribution >= 0.6 is 11.6 Å². The minimum atomic E-state index is -1.06. The summed E-state index contributed by atoms with van der Waals surface area (Å²) < 4.78 is 26.1. The van der Waals surface area contributed by atoms with Crippen molar-refractivity contribution in [3.05, 3.63) is 64.7 Å². The summed E-state index contributed by atoms with van der Waals surface area (Å²) in [6.07, 6.45) is 3.96. The van der Waals surface area contributed by atoms with Crippen LogP contribution in [0.5, 0.6) is 0 Å². The third kappa shape index (κ3) is 5.52. The van der Waals surface area contributed by atoms with E-state index in [4.69, 9.17) is 11.6 Å². The Kier molecular flexibility index (Phi) is 6.82. The normalized spacial score (nSPS) is 15.1. The second kappa shape index (κ2) is 9.33. The highest BCUT2D eigenvalue weighted by molar-refractivity contribution is 6.30. The maximum absolute atomic E-state index is 13.2. The molecule has 2 amide bonds. The van der Waals surface area contributed by atoms with Gasteiger partial charge in [-0.2, -0.15) is 0 Å². The summed E-state index contributed by atoms with van der Waals surface area (Å²) >= 11 is 5.97. The molecule has 1 aliphatic rings. The number of anilines is 1. The lowest BCUT2D eigenvalue weighted by Gasteiger charge is -2.31. The molecule has 3 N–H and O–H groups in total. The van der Waals surface area contributed by atoms with Gasteiger partial charge in [-0.1, -0.05) is 36.6 Å². The summed E-state index contributed by atoms with van der Waals surface area (Å²) in [4.78, 5) is 24.1. The van der Waals surface area contributed by atoms with Crippen molar-refractivity contribution >= 4 is 29.1 Å². The van der Waals surface area contributed by atoms with E-state index in [2.05, 4.69) is 16.0 Å². The zero-order valence-electron chi connectivity index (χ0n) is 15.7. The Morgan fingerprint density at radius 3 is 2.28 bits per heavy atom. The van der Waals surface area contributed by atoms with Gasteiger partial charge in [0.25, 0.3) is 0 Å². The minimum absolute atomic E-state index is 0.0566. The van der Waals surface area contributed by atoms with Crippen LogP contribution in [0, 0.1) is 11.6 Å². The highest BCUT2D eigenvalue weighted by Gasteiger charge is 2.35. The Labute approximate surface area is 172 Å². The van der Waals surface area contributed by atoms with Crippen LogP contribution in [0.25, 0.3) is 0 Å². The predicted molar refractivity (Wildman–Crippen MR) is 108 cm³/mol. The highest BCUT2D eigenvalue weighted by Crippen LogP contribution is 2.38. The molecule has 0 aliphatic heterocycles. The molecule has 5 nitrogen and oxygen atoms in total.